The molecule has 0 saturated heterocycles. The molecule has 0 saturated carbocycles. The topological polar surface area (TPSA) is 32.3 Å². The molecule has 2 aromatic carbocycles. The van der Waals surface area contributed by atoms with E-state index in [9.17, 15) is 9.18 Å². The zero-order chi connectivity index (χ0) is 14.7. The fraction of sp³-hybridized carbons (Fsp3) is 0.133. The minimum Gasteiger partial charge on any atom is -0.378 e. The number of nitrogens with zero attached hydrogens (tertiary/aromatic N) is 1. The highest BCUT2D eigenvalue weighted by atomic mass is 79.9. The van der Waals surface area contributed by atoms with Gasteiger partial charge in [0.25, 0.3) is 5.91 Å². The zero-order valence-corrected chi connectivity index (χ0v) is 12.7. The summed E-state index contributed by atoms with van der Waals surface area (Å²) in [5.41, 5.74) is 1.97. The molecule has 0 bridgehead atoms. The van der Waals surface area contributed by atoms with Gasteiger partial charge in [0.1, 0.15) is 5.82 Å². The van der Waals surface area contributed by atoms with Gasteiger partial charge in [0.15, 0.2) is 0 Å². The molecule has 0 spiro atoms. The molecule has 0 radical (unpaired) electrons. The number of hydrogen-bond acceptors (Lipinski definition) is 2. The number of hydrogen-bond donors (Lipinski definition) is 1. The minimum absolute atomic E-state index is 0.169. The maximum Gasteiger partial charge on any atom is 0.256 e. The maximum absolute atomic E-state index is 13.4. The van der Waals surface area contributed by atoms with E-state index in [-0.39, 0.29) is 15.9 Å². The smallest absolute Gasteiger partial charge is 0.256 e. The molecular weight excluding hydrogens is 323 g/mol. The molecule has 0 heterocycles. The fourth-order valence-electron chi connectivity index (χ4n) is 1.72. The van der Waals surface area contributed by atoms with E-state index in [1.165, 1.54) is 12.1 Å². The van der Waals surface area contributed by atoms with E-state index in [4.69, 9.17) is 0 Å². The van der Waals surface area contributed by atoms with Gasteiger partial charge in [-0.2, -0.15) is 0 Å². The minimum atomic E-state index is -0.458. The number of carbonyl (C=O) groups excluding carboxylic acids is 1. The molecule has 2 aromatic rings. The van der Waals surface area contributed by atoms with E-state index in [0.717, 1.165) is 5.69 Å². The van der Waals surface area contributed by atoms with Crippen LogP contribution in [-0.2, 0) is 0 Å². The second kappa shape index (κ2) is 6.05. The summed E-state index contributed by atoms with van der Waals surface area (Å²) in [5, 5.41) is 2.74. The van der Waals surface area contributed by atoms with E-state index in [2.05, 4.69) is 21.2 Å². The van der Waals surface area contributed by atoms with Gasteiger partial charge in [-0.05, 0) is 52.3 Å². The van der Waals surface area contributed by atoms with Crippen molar-refractivity contribution in [2.45, 2.75) is 0 Å². The van der Waals surface area contributed by atoms with Gasteiger partial charge < -0.3 is 10.2 Å². The normalized spacial score (nSPS) is 10.2. The van der Waals surface area contributed by atoms with E-state index < -0.39 is 5.82 Å². The van der Waals surface area contributed by atoms with Crippen molar-refractivity contribution in [3.8, 4) is 0 Å². The van der Waals surface area contributed by atoms with Crippen molar-refractivity contribution >= 4 is 33.2 Å². The molecule has 0 aliphatic carbocycles. The Bertz CT molecular complexity index is 626. The SMILES string of the molecule is CN(C)c1ccc(NC(=O)c2cccc(F)c2Br)cc1. The lowest BCUT2D eigenvalue weighted by Gasteiger charge is -2.13. The summed E-state index contributed by atoms with van der Waals surface area (Å²) in [6.45, 7) is 0. The number of rotatable bonds is 3. The fourth-order valence-corrected chi connectivity index (χ4v) is 2.16. The standard InChI is InChI=1S/C15H14BrFN2O/c1-19(2)11-8-6-10(7-9-11)18-15(20)12-4-3-5-13(17)14(12)16/h3-9H,1-2H3,(H,18,20). The van der Waals surface area contributed by atoms with Gasteiger partial charge in [-0.25, -0.2) is 4.39 Å². The number of anilines is 2. The number of carbonyl (C=O) groups is 1. The average molecular weight is 337 g/mol. The highest BCUT2D eigenvalue weighted by Gasteiger charge is 2.13. The van der Waals surface area contributed by atoms with Crippen LogP contribution in [0.15, 0.2) is 46.9 Å². The Balaban J connectivity index is 2.17. The van der Waals surface area contributed by atoms with Crippen molar-refractivity contribution in [2.24, 2.45) is 0 Å². The van der Waals surface area contributed by atoms with Gasteiger partial charge in [0, 0.05) is 25.5 Å². The summed E-state index contributed by atoms with van der Waals surface area (Å²) in [5.74, 6) is -0.811. The lowest BCUT2D eigenvalue weighted by Crippen LogP contribution is -2.13. The average Bonchev–Trinajstić information content (AvgIpc) is 2.42. The van der Waals surface area contributed by atoms with Gasteiger partial charge >= 0.3 is 0 Å². The van der Waals surface area contributed by atoms with E-state index in [1.54, 1.807) is 18.2 Å². The van der Waals surface area contributed by atoms with Crippen molar-refractivity contribution < 1.29 is 9.18 Å². The summed E-state index contributed by atoms with van der Waals surface area (Å²) < 4.78 is 13.6. The highest BCUT2D eigenvalue weighted by molar-refractivity contribution is 9.10. The Morgan fingerprint density at radius 3 is 2.40 bits per heavy atom. The quantitative estimate of drug-likeness (QED) is 0.921. The van der Waals surface area contributed by atoms with Crippen LogP contribution < -0.4 is 10.2 Å². The summed E-state index contributed by atoms with van der Waals surface area (Å²) >= 11 is 3.08. The van der Waals surface area contributed by atoms with E-state index >= 15 is 0 Å². The molecule has 0 aliphatic heterocycles. The summed E-state index contributed by atoms with van der Waals surface area (Å²) in [4.78, 5) is 14.1. The van der Waals surface area contributed by atoms with Crippen molar-refractivity contribution in [3.63, 3.8) is 0 Å². The molecule has 0 atom stereocenters. The summed E-state index contributed by atoms with van der Waals surface area (Å²) in [7, 11) is 3.88. The number of benzene rings is 2. The summed E-state index contributed by atoms with van der Waals surface area (Å²) in [6.07, 6.45) is 0. The molecule has 2 rings (SSSR count). The molecule has 0 fully saturated rings. The molecule has 0 aliphatic rings. The van der Waals surface area contributed by atoms with Crippen LogP contribution >= 0.6 is 15.9 Å². The maximum atomic E-state index is 13.4. The van der Waals surface area contributed by atoms with Crippen LogP contribution in [0.2, 0.25) is 0 Å². The predicted octanol–water partition coefficient (Wildman–Crippen LogP) is 3.91. The Kier molecular flexibility index (Phi) is 4.39. The van der Waals surface area contributed by atoms with Crippen molar-refractivity contribution in [1.29, 1.82) is 0 Å². The lowest BCUT2D eigenvalue weighted by molar-refractivity contribution is 0.102. The first-order valence-corrected chi connectivity index (χ1v) is 6.81. The number of amides is 1. The zero-order valence-electron chi connectivity index (χ0n) is 11.2. The second-order valence-corrected chi connectivity index (χ2v) is 5.29. The third-order valence-corrected chi connectivity index (χ3v) is 3.64. The third kappa shape index (κ3) is 3.17. The number of halogens is 2. The van der Waals surface area contributed by atoms with Crippen molar-refractivity contribution in [2.75, 3.05) is 24.3 Å². The van der Waals surface area contributed by atoms with Crippen LogP contribution in [0.4, 0.5) is 15.8 Å². The monoisotopic (exact) mass is 336 g/mol. The Morgan fingerprint density at radius 2 is 1.80 bits per heavy atom. The van der Waals surface area contributed by atoms with Crippen LogP contribution in [0.3, 0.4) is 0 Å². The molecule has 5 heteroatoms. The van der Waals surface area contributed by atoms with Gasteiger partial charge in [0.05, 0.1) is 10.0 Å². The van der Waals surface area contributed by atoms with Crippen LogP contribution in [-0.4, -0.2) is 20.0 Å². The highest BCUT2D eigenvalue weighted by Crippen LogP contribution is 2.22. The van der Waals surface area contributed by atoms with Crippen molar-refractivity contribution in [1.82, 2.24) is 0 Å². The first kappa shape index (κ1) is 14.5. The summed E-state index contributed by atoms with van der Waals surface area (Å²) in [6, 6.07) is 11.8. The lowest BCUT2D eigenvalue weighted by atomic mass is 10.2. The molecule has 104 valence electrons. The van der Waals surface area contributed by atoms with Crippen LogP contribution in [0.25, 0.3) is 0 Å². The largest absolute Gasteiger partial charge is 0.378 e. The van der Waals surface area contributed by atoms with Gasteiger partial charge in [0.2, 0.25) is 0 Å². The van der Waals surface area contributed by atoms with E-state index in [1.807, 2.05) is 31.1 Å². The van der Waals surface area contributed by atoms with Gasteiger partial charge in [-0.3, -0.25) is 4.79 Å². The van der Waals surface area contributed by atoms with Crippen LogP contribution in [0, 0.1) is 5.82 Å². The molecule has 0 aromatic heterocycles. The Morgan fingerprint density at radius 1 is 1.15 bits per heavy atom. The molecule has 1 N–H and O–H groups in total. The Hall–Kier alpha value is -1.88. The van der Waals surface area contributed by atoms with Gasteiger partial charge in [-0.1, -0.05) is 6.07 Å². The van der Waals surface area contributed by atoms with Crippen molar-refractivity contribution in [3.05, 3.63) is 58.3 Å². The molecular formula is C15H14BrFN2O. The molecule has 20 heavy (non-hydrogen) atoms. The predicted molar refractivity (Wildman–Crippen MR) is 82.8 cm³/mol. The molecule has 0 unspecified atom stereocenters. The molecule has 3 nitrogen and oxygen atoms in total. The first-order valence-electron chi connectivity index (χ1n) is 6.02. The van der Waals surface area contributed by atoms with E-state index in [0.29, 0.717) is 5.69 Å². The third-order valence-electron chi connectivity index (χ3n) is 2.84. The van der Waals surface area contributed by atoms with Crippen LogP contribution in [0.5, 0.6) is 0 Å². The number of nitrogens with one attached hydrogen (secondary N) is 1. The molecule has 1 amide bonds. The van der Waals surface area contributed by atoms with Gasteiger partial charge in [-0.15, -0.1) is 0 Å². The van der Waals surface area contributed by atoms with Crippen LogP contribution in [0.1, 0.15) is 10.4 Å². The Labute approximate surface area is 125 Å². The first-order chi connectivity index (χ1) is 9.49. The second-order valence-electron chi connectivity index (χ2n) is 4.50.